The number of hydrogen-bond donors (Lipinski definition) is 2. The SMILES string of the molecule is CS(=O)(=O)C(c1nnc(CNS(N)(=O)=O)o1)c1nc2ccc(-c3ccc(C(=O)N4CCOCC4)cc3)cc2s1. The first-order chi connectivity index (χ1) is 18.5. The van der Waals surface area contributed by atoms with Crippen LogP contribution in [-0.4, -0.2) is 75.4 Å². The molecule has 3 N–H and O–H groups in total. The van der Waals surface area contributed by atoms with Gasteiger partial charge in [-0.3, -0.25) is 4.79 Å². The zero-order valence-corrected chi connectivity index (χ0v) is 23.1. The van der Waals surface area contributed by atoms with Crippen molar-refractivity contribution in [3.8, 4) is 11.1 Å². The van der Waals surface area contributed by atoms with E-state index in [0.717, 1.165) is 22.1 Å². The van der Waals surface area contributed by atoms with Crippen molar-refractivity contribution in [1.29, 1.82) is 0 Å². The lowest BCUT2D eigenvalue weighted by molar-refractivity contribution is 0.0303. The zero-order chi connectivity index (χ0) is 27.8. The number of nitrogens with one attached hydrogen (secondary N) is 1. The third-order valence-electron chi connectivity index (χ3n) is 5.95. The fourth-order valence-electron chi connectivity index (χ4n) is 4.07. The normalized spacial score (nSPS) is 15.5. The first-order valence-electron chi connectivity index (χ1n) is 11.6. The third kappa shape index (κ3) is 6.32. The number of fused-ring (bicyclic) bond motifs is 1. The van der Waals surface area contributed by atoms with Gasteiger partial charge in [-0.15, -0.1) is 21.5 Å². The number of nitrogens with two attached hydrogens (primary N) is 1. The van der Waals surface area contributed by atoms with Gasteiger partial charge in [0.2, 0.25) is 11.8 Å². The maximum absolute atomic E-state index is 12.7. The summed E-state index contributed by atoms with van der Waals surface area (Å²) in [5.74, 6) is -0.418. The molecule has 0 radical (unpaired) electrons. The Balaban J connectivity index is 1.40. The van der Waals surface area contributed by atoms with Crippen LogP contribution < -0.4 is 9.86 Å². The second-order valence-electron chi connectivity index (χ2n) is 8.83. The van der Waals surface area contributed by atoms with Gasteiger partial charge in [0.25, 0.3) is 16.1 Å². The lowest BCUT2D eigenvalue weighted by atomic mass is 10.0. The number of nitrogens with zero attached hydrogens (tertiary/aromatic N) is 4. The molecule has 16 heteroatoms. The molecule has 1 saturated heterocycles. The van der Waals surface area contributed by atoms with Gasteiger partial charge in [-0.05, 0) is 35.4 Å². The maximum atomic E-state index is 12.7. The van der Waals surface area contributed by atoms with Crippen LogP contribution in [-0.2, 0) is 31.3 Å². The molecule has 0 aliphatic carbocycles. The molecule has 2 aromatic heterocycles. The van der Waals surface area contributed by atoms with Gasteiger partial charge < -0.3 is 14.1 Å². The van der Waals surface area contributed by atoms with Crippen LogP contribution in [0.2, 0.25) is 0 Å². The summed E-state index contributed by atoms with van der Waals surface area (Å²) in [4.78, 5) is 19.0. The number of amides is 1. The Morgan fingerprint density at radius 2 is 1.77 bits per heavy atom. The molecule has 0 bridgehead atoms. The highest BCUT2D eigenvalue weighted by atomic mass is 32.2. The second-order valence-corrected chi connectivity index (χ2v) is 13.4. The van der Waals surface area contributed by atoms with Crippen molar-refractivity contribution in [2.45, 2.75) is 11.8 Å². The highest BCUT2D eigenvalue weighted by molar-refractivity contribution is 7.91. The molecule has 39 heavy (non-hydrogen) atoms. The number of hydrogen-bond acceptors (Lipinski definition) is 11. The molecule has 1 aliphatic rings. The molecular weight excluding hydrogens is 568 g/mol. The van der Waals surface area contributed by atoms with Crippen molar-refractivity contribution in [2.75, 3.05) is 32.6 Å². The van der Waals surface area contributed by atoms with Crippen LogP contribution in [0.5, 0.6) is 0 Å². The van der Waals surface area contributed by atoms with Crippen LogP contribution in [0.15, 0.2) is 46.9 Å². The van der Waals surface area contributed by atoms with Crippen molar-refractivity contribution in [3.63, 3.8) is 0 Å². The third-order valence-corrected chi connectivity index (χ3v) is 9.01. The van der Waals surface area contributed by atoms with Crippen LogP contribution in [0.1, 0.15) is 32.4 Å². The number of carbonyl (C=O) groups excluding carboxylic acids is 1. The largest absolute Gasteiger partial charge is 0.422 e. The average Bonchev–Trinajstić information content (AvgIpc) is 3.53. The molecule has 1 fully saturated rings. The predicted octanol–water partition coefficient (Wildman–Crippen LogP) is 1.25. The van der Waals surface area contributed by atoms with Crippen molar-refractivity contribution in [3.05, 3.63) is 64.8 Å². The molecular formula is C23H24N6O7S3. The van der Waals surface area contributed by atoms with E-state index in [4.69, 9.17) is 14.3 Å². The standard InChI is InChI=1S/C23H24N6O7S3/c1-38(31,32)20(21-28-27-19(36-21)13-25-39(24,33)34)22-26-17-7-6-16(12-18(17)37-22)14-2-4-15(5-3-14)23(30)29-8-10-35-11-9-29/h2-7,12,20,25H,8-11,13H2,1H3,(H2,24,33,34). The molecule has 3 heterocycles. The van der Waals surface area contributed by atoms with Crippen LogP contribution in [0.4, 0.5) is 0 Å². The predicted molar refractivity (Wildman–Crippen MR) is 143 cm³/mol. The number of sulfone groups is 1. The fraction of sp³-hybridized carbons (Fsp3) is 0.304. The zero-order valence-electron chi connectivity index (χ0n) is 20.6. The van der Waals surface area contributed by atoms with Crippen LogP contribution in [0.3, 0.4) is 0 Å². The first kappa shape index (κ1) is 27.3. The summed E-state index contributed by atoms with van der Waals surface area (Å²) >= 11 is 1.17. The Hall–Kier alpha value is -3.28. The van der Waals surface area contributed by atoms with Crippen LogP contribution in [0, 0.1) is 0 Å². The van der Waals surface area contributed by atoms with E-state index < -0.39 is 25.3 Å². The van der Waals surface area contributed by atoms with Gasteiger partial charge in [-0.1, -0.05) is 18.2 Å². The molecule has 1 aliphatic heterocycles. The smallest absolute Gasteiger partial charge is 0.274 e. The molecule has 4 aromatic rings. The summed E-state index contributed by atoms with van der Waals surface area (Å²) < 4.78 is 61.1. The lowest BCUT2D eigenvalue weighted by Gasteiger charge is -2.26. The van der Waals surface area contributed by atoms with Crippen molar-refractivity contribution in [2.24, 2.45) is 5.14 Å². The second kappa shape index (κ2) is 10.7. The summed E-state index contributed by atoms with van der Waals surface area (Å²) in [5, 5.41) is 11.3. The molecule has 206 valence electrons. The average molecular weight is 593 g/mol. The van der Waals surface area contributed by atoms with Crippen molar-refractivity contribution in [1.82, 2.24) is 24.8 Å². The monoisotopic (exact) mass is 592 g/mol. The number of aromatic nitrogens is 3. The van der Waals surface area contributed by atoms with Crippen LogP contribution >= 0.6 is 11.3 Å². The topological polar surface area (TPSA) is 188 Å². The Morgan fingerprint density at radius 1 is 1.08 bits per heavy atom. The minimum atomic E-state index is -4.00. The Morgan fingerprint density at radius 3 is 2.44 bits per heavy atom. The number of carbonyl (C=O) groups is 1. The molecule has 13 nitrogen and oxygen atoms in total. The highest BCUT2D eigenvalue weighted by Crippen LogP contribution is 2.36. The van der Waals surface area contributed by atoms with Gasteiger partial charge in [0.05, 0.1) is 30.0 Å². The Labute approximate surface area is 228 Å². The van der Waals surface area contributed by atoms with E-state index in [-0.39, 0.29) is 29.2 Å². The molecule has 0 saturated carbocycles. The molecule has 2 aromatic carbocycles. The number of rotatable bonds is 8. The van der Waals surface area contributed by atoms with Crippen LogP contribution in [0.25, 0.3) is 21.3 Å². The summed E-state index contributed by atoms with van der Waals surface area (Å²) in [6.07, 6.45) is 1.03. The highest BCUT2D eigenvalue weighted by Gasteiger charge is 2.34. The summed E-state index contributed by atoms with van der Waals surface area (Å²) in [5.41, 5.74) is 2.93. The van der Waals surface area contributed by atoms with E-state index in [1.165, 1.54) is 11.3 Å². The van der Waals surface area contributed by atoms with Gasteiger partial charge >= 0.3 is 0 Å². The lowest BCUT2D eigenvalue weighted by Crippen LogP contribution is -2.40. The van der Waals surface area contributed by atoms with Crippen molar-refractivity contribution >= 4 is 47.5 Å². The van der Waals surface area contributed by atoms with E-state index >= 15 is 0 Å². The van der Waals surface area contributed by atoms with Gasteiger partial charge in [-0.2, -0.15) is 13.1 Å². The van der Waals surface area contributed by atoms with Crippen molar-refractivity contribution < 1.29 is 30.8 Å². The number of benzene rings is 2. The van der Waals surface area contributed by atoms with E-state index in [1.807, 2.05) is 29.0 Å². The molecule has 1 amide bonds. The molecule has 1 atom stereocenters. The molecule has 5 rings (SSSR count). The van der Waals surface area contributed by atoms with E-state index in [2.05, 4.69) is 15.2 Å². The maximum Gasteiger partial charge on any atom is 0.274 e. The Bertz CT molecular complexity index is 1730. The number of ether oxygens (including phenoxy) is 1. The number of thiazole rings is 1. The fourth-order valence-corrected chi connectivity index (χ4v) is 6.92. The van der Waals surface area contributed by atoms with Gasteiger partial charge in [0.1, 0.15) is 5.01 Å². The first-order valence-corrected chi connectivity index (χ1v) is 16.0. The van der Waals surface area contributed by atoms with Gasteiger partial charge in [0, 0.05) is 24.9 Å². The Kier molecular flexibility index (Phi) is 7.49. The number of morpholine rings is 1. The van der Waals surface area contributed by atoms with Gasteiger partial charge in [0.15, 0.2) is 15.1 Å². The quantitative estimate of drug-likeness (QED) is 0.301. The minimum absolute atomic E-state index is 0.0381. The van der Waals surface area contributed by atoms with E-state index in [0.29, 0.717) is 37.4 Å². The van der Waals surface area contributed by atoms with Gasteiger partial charge in [-0.25, -0.2) is 18.5 Å². The van der Waals surface area contributed by atoms with E-state index in [1.54, 1.807) is 23.1 Å². The summed E-state index contributed by atoms with van der Waals surface area (Å²) in [7, 11) is -7.79. The molecule has 1 unspecified atom stereocenters. The summed E-state index contributed by atoms with van der Waals surface area (Å²) in [6, 6.07) is 12.8. The minimum Gasteiger partial charge on any atom is -0.422 e. The summed E-state index contributed by atoms with van der Waals surface area (Å²) in [6.45, 7) is 1.81. The molecule has 0 spiro atoms. The van der Waals surface area contributed by atoms with E-state index in [9.17, 15) is 21.6 Å².